The molecular formula is C20H40. The zero-order valence-corrected chi connectivity index (χ0v) is 14.6. The SMILES string of the molecule is C1CCCCC1.CC1CCC(C)C1.CC1CCCCC1. The molecular weight excluding hydrogens is 240 g/mol. The molecule has 0 radical (unpaired) electrons. The lowest BCUT2D eigenvalue weighted by atomic mass is 9.91. The number of rotatable bonds is 0. The molecule has 3 aliphatic carbocycles. The highest BCUT2D eigenvalue weighted by Gasteiger charge is 2.15. The van der Waals surface area contributed by atoms with Crippen molar-refractivity contribution in [3.63, 3.8) is 0 Å². The summed E-state index contributed by atoms with van der Waals surface area (Å²) in [6.07, 6.45) is 20.9. The molecule has 0 heterocycles. The second-order valence-electron chi connectivity index (χ2n) is 7.89. The minimum absolute atomic E-state index is 1.02. The van der Waals surface area contributed by atoms with Crippen LogP contribution in [0.2, 0.25) is 0 Å². The molecule has 3 aliphatic rings. The van der Waals surface area contributed by atoms with Crippen molar-refractivity contribution in [2.45, 2.75) is 111 Å². The van der Waals surface area contributed by atoms with Gasteiger partial charge in [-0.1, -0.05) is 104 Å². The molecule has 0 amide bonds. The highest BCUT2D eigenvalue weighted by molar-refractivity contribution is 4.68. The number of hydrogen-bond acceptors (Lipinski definition) is 0. The quantitative estimate of drug-likeness (QED) is 0.434. The molecule has 0 aliphatic heterocycles. The molecule has 20 heavy (non-hydrogen) atoms. The van der Waals surface area contributed by atoms with Gasteiger partial charge in [-0.15, -0.1) is 0 Å². The molecule has 3 rings (SSSR count). The Kier molecular flexibility index (Phi) is 10.5. The second-order valence-corrected chi connectivity index (χ2v) is 7.89. The Bertz CT molecular complexity index is 175. The van der Waals surface area contributed by atoms with Crippen LogP contribution in [0, 0.1) is 17.8 Å². The maximum absolute atomic E-state index is 2.36. The Hall–Kier alpha value is 0. The van der Waals surface area contributed by atoms with Gasteiger partial charge in [-0.05, 0) is 24.2 Å². The largest absolute Gasteiger partial charge is 0.0625 e. The summed E-state index contributed by atoms with van der Waals surface area (Å²) in [5, 5.41) is 0. The van der Waals surface area contributed by atoms with Crippen LogP contribution in [0.5, 0.6) is 0 Å². The summed E-state index contributed by atoms with van der Waals surface area (Å²) in [7, 11) is 0. The van der Waals surface area contributed by atoms with Crippen molar-refractivity contribution in [3.05, 3.63) is 0 Å². The van der Waals surface area contributed by atoms with E-state index in [1.54, 1.807) is 0 Å². The summed E-state index contributed by atoms with van der Waals surface area (Å²) in [6.45, 7) is 7.06. The monoisotopic (exact) mass is 280 g/mol. The highest BCUT2D eigenvalue weighted by atomic mass is 14.2. The van der Waals surface area contributed by atoms with Crippen molar-refractivity contribution in [1.29, 1.82) is 0 Å². The van der Waals surface area contributed by atoms with E-state index in [1.165, 1.54) is 89.9 Å². The summed E-state index contributed by atoms with van der Waals surface area (Å²) >= 11 is 0. The van der Waals surface area contributed by atoms with Crippen molar-refractivity contribution in [1.82, 2.24) is 0 Å². The Morgan fingerprint density at radius 2 is 0.750 bits per heavy atom. The van der Waals surface area contributed by atoms with Gasteiger partial charge in [-0.3, -0.25) is 0 Å². The van der Waals surface area contributed by atoms with E-state index in [0.717, 1.165) is 17.8 Å². The minimum Gasteiger partial charge on any atom is -0.0625 e. The Balaban J connectivity index is 0.000000151. The first-order valence-electron chi connectivity index (χ1n) is 9.68. The first-order valence-corrected chi connectivity index (χ1v) is 9.68. The zero-order valence-electron chi connectivity index (χ0n) is 14.6. The van der Waals surface area contributed by atoms with E-state index in [0.29, 0.717) is 0 Å². The van der Waals surface area contributed by atoms with E-state index >= 15 is 0 Å². The fourth-order valence-corrected chi connectivity index (χ4v) is 3.86. The Morgan fingerprint density at radius 3 is 0.950 bits per heavy atom. The molecule has 2 atom stereocenters. The molecule has 2 unspecified atom stereocenters. The van der Waals surface area contributed by atoms with Gasteiger partial charge in [0.05, 0.1) is 0 Å². The predicted molar refractivity (Wildman–Crippen MR) is 92.1 cm³/mol. The summed E-state index contributed by atoms with van der Waals surface area (Å²) < 4.78 is 0. The average molecular weight is 281 g/mol. The molecule has 0 spiro atoms. The van der Waals surface area contributed by atoms with Gasteiger partial charge in [-0.2, -0.15) is 0 Å². The van der Waals surface area contributed by atoms with E-state index in [9.17, 15) is 0 Å². The highest BCUT2D eigenvalue weighted by Crippen LogP contribution is 2.29. The molecule has 0 heteroatoms. The lowest BCUT2D eigenvalue weighted by Crippen LogP contribution is -1.99. The lowest BCUT2D eigenvalue weighted by Gasteiger charge is -2.15. The van der Waals surface area contributed by atoms with E-state index in [2.05, 4.69) is 20.8 Å². The van der Waals surface area contributed by atoms with Crippen LogP contribution in [-0.2, 0) is 0 Å². The normalized spacial score (nSPS) is 30.8. The molecule has 0 nitrogen and oxygen atoms in total. The maximum Gasteiger partial charge on any atom is -0.0440 e. The van der Waals surface area contributed by atoms with Gasteiger partial charge in [0.1, 0.15) is 0 Å². The minimum atomic E-state index is 1.02. The van der Waals surface area contributed by atoms with Crippen molar-refractivity contribution in [2.75, 3.05) is 0 Å². The maximum atomic E-state index is 2.36. The van der Waals surface area contributed by atoms with Gasteiger partial charge < -0.3 is 0 Å². The molecule has 0 aromatic carbocycles. The van der Waals surface area contributed by atoms with Gasteiger partial charge in [0.25, 0.3) is 0 Å². The fourth-order valence-electron chi connectivity index (χ4n) is 3.86. The molecule has 3 fully saturated rings. The standard InChI is InChI=1S/2C7H14.C6H12/c1-6-3-4-7(2)5-6;1-7-5-3-2-4-6-7;1-2-4-6-5-3-1/h6-7H,3-5H2,1-2H3;7H,2-6H2,1H3;1-6H2. The van der Waals surface area contributed by atoms with E-state index < -0.39 is 0 Å². The molecule has 0 aromatic heterocycles. The molecule has 120 valence electrons. The van der Waals surface area contributed by atoms with Gasteiger partial charge in [0, 0.05) is 0 Å². The number of hydrogen-bond donors (Lipinski definition) is 0. The van der Waals surface area contributed by atoms with Gasteiger partial charge in [0.2, 0.25) is 0 Å². The smallest absolute Gasteiger partial charge is 0.0440 e. The van der Waals surface area contributed by atoms with Crippen molar-refractivity contribution in [2.24, 2.45) is 17.8 Å². The van der Waals surface area contributed by atoms with Crippen LogP contribution in [0.15, 0.2) is 0 Å². The summed E-state index contributed by atoms with van der Waals surface area (Å²) in [5.41, 5.74) is 0. The van der Waals surface area contributed by atoms with Crippen LogP contribution < -0.4 is 0 Å². The van der Waals surface area contributed by atoms with Crippen LogP contribution in [0.25, 0.3) is 0 Å². The van der Waals surface area contributed by atoms with E-state index in [1.807, 2.05) is 0 Å². The second kappa shape index (κ2) is 11.6. The van der Waals surface area contributed by atoms with Crippen LogP contribution in [0.3, 0.4) is 0 Å². The summed E-state index contributed by atoms with van der Waals surface area (Å²) in [6, 6.07) is 0. The van der Waals surface area contributed by atoms with Gasteiger partial charge in [-0.25, -0.2) is 0 Å². The molecule has 0 N–H and O–H groups in total. The van der Waals surface area contributed by atoms with Gasteiger partial charge >= 0.3 is 0 Å². The predicted octanol–water partition coefficient (Wildman–Crippen LogP) is 7.37. The zero-order chi connectivity index (χ0) is 14.6. The van der Waals surface area contributed by atoms with Crippen molar-refractivity contribution >= 4 is 0 Å². The average Bonchev–Trinajstić information content (AvgIpc) is 2.86. The Morgan fingerprint density at radius 1 is 0.400 bits per heavy atom. The lowest BCUT2D eigenvalue weighted by molar-refractivity contribution is 0.385. The Labute approximate surface area is 129 Å². The van der Waals surface area contributed by atoms with E-state index in [-0.39, 0.29) is 0 Å². The summed E-state index contributed by atoms with van der Waals surface area (Å²) in [4.78, 5) is 0. The van der Waals surface area contributed by atoms with Gasteiger partial charge in [0.15, 0.2) is 0 Å². The first-order chi connectivity index (χ1) is 9.68. The van der Waals surface area contributed by atoms with Crippen LogP contribution >= 0.6 is 0 Å². The van der Waals surface area contributed by atoms with E-state index in [4.69, 9.17) is 0 Å². The molecule has 0 aromatic rings. The van der Waals surface area contributed by atoms with Crippen LogP contribution in [0.1, 0.15) is 111 Å². The van der Waals surface area contributed by atoms with Crippen LogP contribution in [-0.4, -0.2) is 0 Å². The molecule has 0 bridgehead atoms. The third-order valence-electron chi connectivity index (χ3n) is 5.35. The third kappa shape index (κ3) is 9.83. The molecule has 0 saturated heterocycles. The van der Waals surface area contributed by atoms with Crippen molar-refractivity contribution < 1.29 is 0 Å². The van der Waals surface area contributed by atoms with Crippen molar-refractivity contribution in [3.8, 4) is 0 Å². The topological polar surface area (TPSA) is 0 Å². The fraction of sp³-hybridized carbons (Fsp3) is 1.00. The summed E-state index contributed by atoms with van der Waals surface area (Å²) in [5.74, 6) is 3.08. The first kappa shape index (κ1) is 18.1. The van der Waals surface area contributed by atoms with Crippen LogP contribution in [0.4, 0.5) is 0 Å². The molecule has 3 saturated carbocycles. The third-order valence-corrected chi connectivity index (χ3v) is 5.35.